The highest BCUT2D eigenvalue weighted by Gasteiger charge is 2.23. The fourth-order valence-electron chi connectivity index (χ4n) is 4.12. The molecule has 1 aromatic heterocycles. The Morgan fingerprint density at radius 2 is 1.54 bits per heavy atom. The van der Waals surface area contributed by atoms with Gasteiger partial charge in [0.05, 0.1) is 11.0 Å². The second-order valence-corrected chi connectivity index (χ2v) is 9.09. The molecule has 1 heterocycles. The Morgan fingerprint density at radius 3 is 2.26 bits per heavy atom. The maximum atomic E-state index is 12.9. The molecule has 0 bridgehead atoms. The summed E-state index contributed by atoms with van der Waals surface area (Å²) < 4.78 is 5.79. The van der Waals surface area contributed by atoms with Crippen LogP contribution in [0.1, 0.15) is 32.9 Å². The summed E-state index contributed by atoms with van der Waals surface area (Å²) in [5.74, 6) is -0.969. The number of aliphatic carboxylic acids is 1. The number of nitrogens with one attached hydrogen (secondary N) is 2. The van der Waals surface area contributed by atoms with E-state index >= 15 is 0 Å². The van der Waals surface area contributed by atoms with Crippen molar-refractivity contribution in [2.75, 3.05) is 0 Å². The van der Waals surface area contributed by atoms with Crippen LogP contribution in [-0.4, -0.2) is 33.0 Å². The Kier molecular flexibility index (Phi) is 7.79. The number of carboxylic acid groups (broad SMARTS) is 1. The van der Waals surface area contributed by atoms with E-state index in [0.717, 1.165) is 22.3 Å². The molecule has 7 nitrogen and oxygen atoms in total. The number of aromatic amines is 1. The number of aromatic nitrogens is 2. The van der Waals surface area contributed by atoms with Crippen molar-refractivity contribution in [3.63, 3.8) is 0 Å². The lowest BCUT2D eigenvalue weighted by atomic mass is 10.1. The lowest BCUT2D eigenvalue weighted by molar-refractivity contribution is -0.139. The number of benzene rings is 4. The van der Waals surface area contributed by atoms with Gasteiger partial charge in [-0.15, -0.1) is 0 Å². The second kappa shape index (κ2) is 11.9. The molecular weight excluding hydrogens is 490 g/mol. The monoisotopic (exact) mass is 517 g/mol. The molecule has 0 unspecified atom stereocenters. The van der Waals surface area contributed by atoms with E-state index in [1.165, 1.54) is 0 Å². The van der Waals surface area contributed by atoms with Gasteiger partial charge in [0.25, 0.3) is 5.91 Å². The number of hydrogen-bond donors (Lipinski definition) is 3. The van der Waals surface area contributed by atoms with Crippen LogP contribution in [0.5, 0.6) is 5.75 Å². The van der Waals surface area contributed by atoms with Crippen LogP contribution in [0.4, 0.5) is 0 Å². The van der Waals surface area contributed by atoms with Gasteiger partial charge in [0.1, 0.15) is 18.4 Å². The highest BCUT2D eigenvalue weighted by molar-refractivity contribution is 5.96. The van der Waals surface area contributed by atoms with Crippen LogP contribution in [0.3, 0.4) is 0 Å². The molecule has 0 fully saturated rings. The van der Waals surface area contributed by atoms with Gasteiger partial charge in [0.2, 0.25) is 0 Å². The van der Waals surface area contributed by atoms with Crippen molar-refractivity contribution in [3.05, 3.63) is 131 Å². The average Bonchev–Trinajstić information content (AvgIpc) is 3.40. The predicted octanol–water partition coefficient (Wildman–Crippen LogP) is 5.74. The smallest absolute Gasteiger partial charge is 0.326 e. The first-order valence-electron chi connectivity index (χ1n) is 12.6. The molecule has 4 aromatic carbocycles. The zero-order chi connectivity index (χ0) is 27.0. The Balaban J connectivity index is 1.22. The summed E-state index contributed by atoms with van der Waals surface area (Å²) in [5, 5.41) is 12.3. The number of ether oxygens (including phenoxy) is 1. The number of imidazole rings is 1. The number of carbonyl (C=O) groups is 2. The standard InChI is InChI=1S/C32H27N3O4/c36-31(30-33-27-18-15-23(19-28(27)34-30)12-11-22-7-3-1-4-8-22)35-29(32(37)38)20-24-13-16-26(17-14-24)39-21-25-9-5-2-6-10-25/h1-19,29H,20-21H2,(H,33,34)(H,35,36)(H,37,38)/t29-/m0/s1. The van der Waals surface area contributed by atoms with E-state index < -0.39 is 17.9 Å². The minimum absolute atomic E-state index is 0.0603. The van der Waals surface area contributed by atoms with Crippen molar-refractivity contribution in [2.24, 2.45) is 0 Å². The number of hydrogen-bond acceptors (Lipinski definition) is 4. The molecule has 0 saturated heterocycles. The Hall–Kier alpha value is -5.17. The highest BCUT2D eigenvalue weighted by Crippen LogP contribution is 2.18. The summed E-state index contributed by atoms with van der Waals surface area (Å²) in [4.78, 5) is 32.2. The minimum Gasteiger partial charge on any atom is -0.489 e. The summed E-state index contributed by atoms with van der Waals surface area (Å²) >= 11 is 0. The molecule has 39 heavy (non-hydrogen) atoms. The van der Waals surface area contributed by atoms with Gasteiger partial charge < -0.3 is 20.1 Å². The van der Waals surface area contributed by atoms with Gasteiger partial charge in [-0.1, -0.05) is 91.0 Å². The van der Waals surface area contributed by atoms with Crippen molar-refractivity contribution < 1.29 is 19.4 Å². The van der Waals surface area contributed by atoms with Crippen LogP contribution in [-0.2, 0) is 17.8 Å². The predicted molar refractivity (Wildman–Crippen MR) is 151 cm³/mol. The molecule has 5 rings (SSSR count). The van der Waals surface area contributed by atoms with Crippen LogP contribution in [0.25, 0.3) is 23.2 Å². The summed E-state index contributed by atoms with van der Waals surface area (Å²) in [6.07, 6.45) is 4.10. The molecule has 0 aliphatic carbocycles. The van der Waals surface area contributed by atoms with Gasteiger partial charge in [-0.25, -0.2) is 9.78 Å². The minimum atomic E-state index is -1.13. The van der Waals surface area contributed by atoms with Crippen LogP contribution >= 0.6 is 0 Å². The van der Waals surface area contributed by atoms with E-state index in [2.05, 4.69) is 15.3 Å². The van der Waals surface area contributed by atoms with Crippen molar-refractivity contribution >= 4 is 35.1 Å². The molecule has 7 heteroatoms. The maximum Gasteiger partial charge on any atom is 0.326 e. The van der Waals surface area contributed by atoms with Crippen LogP contribution in [0.15, 0.2) is 103 Å². The molecule has 1 atom stereocenters. The van der Waals surface area contributed by atoms with Crippen LogP contribution in [0, 0.1) is 0 Å². The van der Waals surface area contributed by atoms with E-state index in [-0.39, 0.29) is 12.2 Å². The van der Waals surface area contributed by atoms with E-state index in [9.17, 15) is 14.7 Å². The molecule has 3 N–H and O–H groups in total. The Bertz CT molecular complexity index is 1590. The third-order valence-electron chi connectivity index (χ3n) is 6.20. The zero-order valence-corrected chi connectivity index (χ0v) is 21.1. The summed E-state index contributed by atoms with van der Waals surface area (Å²) in [6.45, 7) is 0.441. The molecule has 0 aliphatic rings. The third kappa shape index (κ3) is 6.78. The number of carboxylic acids is 1. The Morgan fingerprint density at radius 1 is 0.846 bits per heavy atom. The molecular formula is C32H27N3O4. The number of fused-ring (bicyclic) bond motifs is 1. The largest absolute Gasteiger partial charge is 0.489 e. The van der Waals surface area contributed by atoms with E-state index in [1.54, 1.807) is 24.3 Å². The van der Waals surface area contributed by atoms with Crippen LogP contribution < -0.4 is 10.1 Å². The van der Waals surface area contributed by atoms with E-state index in [1.807, 2.05) is 91.0 Å². The number of H-pyrrole nitrogens is 1. The van der Waals surface area contributed by atoms with Gasteiger partial charge in [-0.05, 0) is 46.5 Å². The number of nitrogens with zero attached hydrogens (tertiary/aromatic N) is 1. The molecule has 0 aliphatic heterocycles. The number of amides is 1. The van der Waals surface area contributed by atoms with Crippen molar-refractivity contribution in [2.45, 2.75) is 19.1 Å². The van der Waals surface area contributed by atoms with E-state index in [0.29, 0.717) is 23.4 Å². The quantitative estimate of drug-likeness (QED) is 0.205. The lowest BCUT2D eigenvalue weighted by Gasteiger charge is -2.14. The zero-order valence-electron chi connectivity index (χ0n) is 21.1. The van der Waals surface area contributed by atoms with E-state index in [4.69, 9.17) is 4.74 Å². The van der Waals surface area contributed by atoms with Gasteiger partial charge >= 0.3 is 5.97 Å². The third-order valence-corrected chi connectivity index (χ3v) is 6.20. The fourth-order valence-corrected chi connectivity index (χ4v) is 4.12. The molecule has 0 radical (unpaired) electrons. The molecule has 194 valence electrons. The molecule has 0 saturated carbocycles. The lowest BCUT2D eigenvalue weighted by Crippen LogP contribution is -2.42. The summed E-state index contributed by atoms with van der Waals surface area (Å²) in [6, 6.07) is 31.5. The van der Waals surface area contributed by atoms with Crippen molar-refractivity contribution in [1.82, 2.24) is 15.3 Å². The van der Waals surface area contributed by atoms with Gasteiger partial charge in [0.15, 0.2) is 5.82 Å². The first-order chi connectivity index (χ1) is 19.0. The summed E-state index contributed by atoms with van der Waals surface area (Å²) in [5.41, 5.74) is 5.15. The summed E-state index contributed by atoms with van der Waals surface area (Å²) in [7, 11) is 0. The van der Waals surface area contributed by atoms with Gasteiger partial charge in [-0.3, -0.25) is 4.79 Å². The topological polar surface area (TPSA) is 104 Å². The average molecular weight is 518 g/mol. The molecule has 1 amide bonds. The molecule has 5 aromatic rings. The first kappa shape index (κ1) is 25.5. The fraction of sp³-hybridized carbons (Fsp3) is 0.0938. The number of rotatable bonds is 10. The van der Waals surface area contributed by atoms with Crippen molar-refractivity contribution in [1.29, 1.82) is 0 Å². The van der Waals surface area contributed by atoms with Gasteiger partial charge in [-0.2, -0.15) is 0 Å². The van der Waals surface area contributed by atoms with Gasteiger partial charge in [0, 0.05) is 6.42 Å². The van der Waals surface area contributed by atoms with Crippen LogP contribution in [0.2, 0.25) is 0 Å². The highest BCUT2D eigenvalue weighted by atomic mass is 16.5. The Labute approximate surface area is 225 Å². The SMILES string of the molecule is O=C(N[C@@H](Cc1ccc(OCc2ccccc2)cc1)C(=O)O)c1nc2ccc(C=Cc3ccccc3)cc2[nH]1. The maximum absolute atomic E-state index is 12.9. The normalized spacial score (nSPS) is 11.9. The first-order valence-corrected chi connectivity index (χ1v) is 12.6. The van der Waals surface area contributed by atoms with Crippen molar-refractivity contribution in [3.8, 4) is 5.75 Å². The second-order valence-electron chi connectivity index (χ2n) is 9.09. The molecule has 0 spiro atoms. The number of carbonyl (C=O) groups excluding carboxylic acids is 1.